The summed E-state index contributed by atoms with van der Waals surface area (Å²) in [5.74, 6) is 3.11. The monoisotopic (exact) mass is 342 g/mol. The fourth-order valence-electron chi connectivity index (χ4n) is 2.87. The van der Waals surface area contributed by atoms with Gasteiger partial charge >= 0.3 is 0 Å². The van der Waals surface area contributed by atoms with E-state index >= 15 is 0 Å². The lowest BCUT2D eigenvalue weighted by molar-refractivity contribution is -0.133. The first-order chi connectivity index (χ1) is 11.8. The molecule has 1 aromatic carbocycles. The molecule has 5 heteroatoms. The zero-order valence-electron chi connectivity index (χ0n) is 13.9. The van der Waals surface area contributed by atoms with Crippen LogP contribution in [0.15, 0.2) is 48.7 Å². The number of hydrogen-bond donors (Lipinski definition) is 0. The molecule has 2 heterocycles. The number of ether oxygens (including phenoxy) is 1. The minimum atomic E-state index is 0.165. The van der Waals surface area contributed by atoms with Crippen molar-refractivity contribution in [2.24, 2.45) is 0 Å². The normalized spacial score (nSPS) is 16.8. The highest BCUT2D eigenvalue weighted by Gasteiger charge is 2.27. The molecule has 1 saturated heterocycles. The number of hydrogen-bond acceptors (Lipinski definition) is 4. The van der Waals surface area contributed by atoms with Gasteiger partial charge in [-0.15, -0.1) is 0 Å². The molecule has 0 radical (unpaired) electrons. The van der Waals surface area contributed by atoms with Gasteiger partial charge in [0.15, 0.2) is 0 Å². The van der Waals surface area contributed by atoms with E-state index in [4.69, 9.17) is 4.74 Å². The van der Waals surface area contributed by atoms with Crippen molar-refractivity contribution in [2.75, 3.05) is 18.6 Å². The van der Waals surface area contributed by atoms with Gasteiger partial charge in [-0.25, -0.2) is 0 Å². The second-order valence-corrected chi connectivity index (χ2v) is 7.03. The molecule has 0 spiro atoms. The van der Waals surface area contributed by atoms with E-state index in [9.17, 15) is 4.79 Å². The number of benzene rings is 1. The topological polar surface area (TPSA) is 42.4 Å². The molecule has 2 aromatic rings. The number of pyridine rings is 1. The van der Waals surface area contributed by atoms with E-state index in [0.717, 1.165) is 34.9 Å². The zero-order chi connectivity index (χ0) is 16.8. The van der Waals surface area contributed by atoms with Crippen molar-refractivity contribution in [3.05, 3.63) is 59.9 Å². The maximum absolute atomic E-state index is 12.9. The van der Waals surface area contributed by atoms with Crippen LogP contribution in [-0.4, -0.2) is 40.4 Å². The molecule has 4 nitrogen and oxygen atoms in total. The Morgan fingerprint density at radius 2 is 2.12 bits per heavy atom. The number of aromatic nitrogens is 1. The highest BCUT2D eigenvalue weighted by Crippen LogP contribution is 2.24. The molecule has 1 aliphatic heterocycles. The van der Waals surface area contributed by atoms with Gasteiger partial charge in [-0.3, -0.25) is 9.78 Å². The Labute approximate surface area is 147 Å². The Balaban J connectivity index is 1.72. The molecule has 1 aliphatic rings. The molecule has 1 amide bonds. The Kier molecular flexibility index (Phi) is 5.75. The molecule has 0 saturated carbocycles. The zero-order valence-corrected chi connectivity index (χ0v) is 14.7. The average molecular weight is 342 g/mol. The third-order valence-corrected chi connectivity index (χ3v) is 5.38. The van der Waals surface area contributed by atoms with Crippen LogP contribution < -0.4 is 4.74 Å². The number of amides is 1. The SMILES string of the molecule is COc1ccc(CC(=O)N(Cc2ccccn2)[C@@H]2CCSC2)cc1. The van der Waals surface area contributed by atoms with E-state index in [-0.39, 0.29) is 5.91 Å². The van der Waals surface area contributed by atoms with Crippen LogP contribution in [-0.2, 0) is 17.8 Å². The Hall–Kier alpha value is -2.01. The first-order valence-corrected chi connectivity index (χ1v) is 9.32. The van der Waals surface area contributed by atoms with Gasteiger partial charge in [-0.2, -0.15) is 11.8 Å². The summed E-state index contributed by atoms with van der Waals surface area (Å²) in [6, 6.07) is 13.9. The van der Waals surface area contributed by atoms with Crippen LogP contribution in [0.25, 0.3) is 0 Å². The van der Waals surface area contributed by atoms with Gasteiger partial charge < -0.3 is 9.64 Å². The van der Waals surface area contributed by atoms with E-state index in [2.05, 4.69) is 4.98 Å². The second kappa shape index (κ2) is 8.20. The van der Waals surface area contributed by atoms with Gasteiger partial charge in [0.1, 0.15) is 5.75 Å². The van der Waals surface area contributed by atoms with Gasteiger partial charge in [0.25, 0.3) is 0 Å². The molecule has 1 fully saturated rings. The lowest BCUT2D eigenvalue weighted by atomic mass is 10.1. The second-order valence-electron chi connectivity index (χ2n) is 5.88. The standard InChI is InChI=1S/C19H22N2O2S/c1-23-18-7-5-15(6-8-18)12-19(22)21(17-9-11-24-14-17)13-16-4-2-3-10-20-16/h2-8,10,17H,9,11-14H2,1H3/t17-/m1/s1. The van der Waals surface area contributed by atoms with E-state index in [0.29, 0.717) is 19.0 Å². The molecule has 0 unspecified atom stereocenters. The van der Waals surface area contributed by atoms with Crippen molar-refractivity contribution >= 4 is 17.7 Å². The predicted molar refractivity (Wildman–Crippen MR) is 97.2 cm³/mol. The summed E-state index contributed by atoms with van der Waals surface area (Å²) in [6.45, 7) is 0.584. The van der Waals surface area contributed by atoms with Gasteiger partial charge in [-0.1, -0.05) is 18.2 Å². The molecule has 0 bridgehead atoms. The van der Waals surface area contributed by atoms with Crippen LogP contribution in [0.1, 0.15) is 17.7 Å². The maximum atomic E-state index is 12.9. The maximum Gasteiger partial charge on any atom is 0.227 e. The quantitative estimate of drug-likeness (QED) is 0.809. The highest BCUT2D eigenvalue weighted by molar-refractivity contribution is 7.99. The fourth-order valence-corrected chi connectivity index (χ4v) is 4.10. The minimum absolute atomic E-state index is 0.165. The molecular weight excluding hydrogens is 320 g/mol. The lowest BCUT2D eigenvalue weighted by Gasteiger charge is -2.28. The van der Waals surface area contributed by atoms with Crippen molar-refractivity contribution in [3.63, 3.8) is 0 Å². The van der Waals surface area contributed by atoms with Crippen molar-refractivity contribution in [2.45, 2.75) is 25.4 Å². The summed E-state index contributed by atoms with van der Waals surface area (Å²) < 4.78 is 5.18. The smallest absolute Gasteiger partial charge is 0.227 e. The molecule has 1 aromatic heterocycles. The first kappa shape index (κ1) is 16.8. The van der Waals surface area contributed by atoms with Gasteiger partial charge in [0.2, 0.25) is 5.91 Å². The summed E-state index contributed by atoms with van der Waals surface area (Å²) in [4.78, 5) is 19.3. The van der Waals surface area contributed by atoms with Crippen LogP contribution >= 0.6 is 11.8 Å². The van der Waals surface area contributed by atoms with E-state index in [1.165, 1.54) is 0 Å². The number of methoxy groups -OCH3 is 1. The number of carbonyl (C=O) groups is 1. The van der Waals surface area contributed by atoms with Crippen LogP contribution in [0, 0.1) is 0 Å². The summed E-state index contributed by atoms with van der Waals surface area (Å²) in [6.07, 6.45) is 3.26. The van der Waals surface area contributed by atoms with Crippen molar-refractivity contribution < 1.29 is 9.53 Å². The van der Waals surface area contributed by atoms with E-state index in [1.807, 2.05) is 59.1 Å². The summed E-state index contributed by atoms with van der Waals surface area (Å²) >= 11 is 1.92. The first-order valence-electron chi connectivity index (χ1n) is 8.16. The van der Waals surface area contributed by atoms with Crippen molar-refractivity contribution in [1.82, 2.24) is 9.88 Å². The molecular formula is C19H22N2O2S. The van der Waals surface area contributed by atoms with Crippen molar-refractivity contribution in [3.8, 4) is 5.75 Å². The Morgan fingerprint density at radius 3 is 2.75 bits per heavy atom. The third kappa shape index (κ3) is 4.29. The van der Waals surface area contributed by atoms with E-state index in [1.54, 1.807) is 13.3 Å². The molecule has 0 N–H and O–H groups in total. The largest absolute Gasteiger partial charge is 0.497 e. The summed E-state index contributed by atoms with van der Waals surface area (Å²) in [7, 11) is 1.65. The average Bonchev–Trinajstić information content (AvgIpc) is 3.15. The third-order valence-electron chi connectivity index (χ3n) is 4.24. The number of carbonyl (C=O) groups excluding carboxylic acids is 1. The Bertz CT molecular complexity index is 655. The van der Waals surface area contributed by atoms with Crippen LogP contribution in [0.5, 0.6) is 5.75 Å². The molecule has 24 heavy (non-hydrogen) atoms. The number of nitrogens with zero attached hydrogens (tertiary/aromatic N) is 2. The highest BCUT2D eigenvalue weighted by atomic mass is 32.2. The Morgan fingerprint density at radius 1 is 1.29 bits per heavy atom. The molecule has 0 aliphatic carbocycles. The molecule has 3 rings (SSSR count). The summed E-state index contributed by atoms with van der Waals surface area (Å²) in [5.41, 5.74) is 1.95. The lowest BCUT2D eigenvalue weighted by Crippen LogP contribution is -2.41. The van der Waals surface area contributed by atoms with Crippen LogP contribution in [0.4, 0.5) is 0 Å². The molecule has 126 valence electrons. The predicted octanol–water partition coefficient (Wildman–Crippen LogP) is 3.17. The minimum Gasteiger partial charge on any atom is -0.497 e. The summed E-state index contributed by atoms with van der Waals surface area (Å²) in [5, 5.41) is 0. The van der Waals surface area contributed by atoms with E-state index < -0.39 is 0 Å². The fraction of sp³-hybridized carbons (Fsp3) is 0.368. The van der Waals surface area contributed by atoms with Gasteiger partial charge in [0, 0.05) is 18.0 Å². The van der Waals surface area contributed by atoms with Gasteiger partial charge in [-0.05, 0) is 42.0 Å². The molecule has 1 atom stereocenters. The number of rotatable bonds is 6. The van der Waals surface area contributed by atoms with Gasteiger partial charge in [0.05, 0.1) is 25.8 Å². The van der Waals surface area contributed by atoms with Crippen LogP contribution in [0.2, 0.25) is 0 Å². The number of thioether (sulfide) groups is 1. The van der Waals surface area contributed by atoms with Crippen LogP contribution in [0.3, 0.4) is 0 Å². The van der Waals surface area contributed by atoms with Crippen molar-refractivity contribution in [1.29, 1.82) is 0 Å².